The van der Waals surface area contributed by atoms with Gasteiger partial charge in [-0.15, -0.1) is 0 Å². The lowest BCUT2D eigenvalue weighted by Gasteiger charge is -2.47. The van der Waals surface area contributed by atoms with Crippen LogP contribution >= 0.6 is 0 Å². The average molecular weight is 181 g/mol. The monoisotopic (exact) mass is 181 g/mol. The molecule has 1 aliphatic rings. The first kappa shape index (κ1) is 10.5. The van der Waals surface area contributed by atoms with E-state index in [0.29, 0.717) is 5.92 Å². The molecular weight excluding hydrogens is 162 g/mol. The third-order valence-corrected chi connectivity index (χ3v) is 3.26. The molecule has 2 heteroatoms. The van der Waals surface area contributed by atoms with E-state index < -0.39 is 11.0 Å². The van der Waals surface area contributed by atoms with Gasteiger partial charge < -0.3 is 5.11 Å². The summed E-state index contributed by atoms with van der Waals surface area (Å²) < 4.78 is 0. The van der Waals surface area contributed by atoms with Crippen LogP contribution < -0.4 is 0 Å². The molecule has 1 saturated carbocycles. The third-order valence-electron chi connectivity index (χ3n) is 3.26. The smallest absolute Gasteiger partial charge is 0.0857 e. The van der Waals surface area contributed by atoms with E-state index in [-0.39, 0.29) is 0 Å². The van der Waals surface area contributed by atoms with Gasteiger partial charge in [0.1, 0.15) is 0 Å². The molecule has 13 heavy (non-hydrogen) atoms. The minimum Gasteiger partial charge on any atom is -0.389 e. The van der Waals surface area contributed by atoms with Gasteiger partial charge in [0.05, 0.1) is 17.1 Å². The van der Waals surface area contributed by atoms with Gasteiger partial charge in [-0.05, 0) is 32.1 Å². The Balaban J connectivity index is 2.73. The average Bonchev–Trinajstić information content (AvgIpc) is 1.80. The van der Waals surface area contributed by atoms with E-state index in [0.717, 1.165) is 25.7 Å². The molecule has 1 unspecified atom stereocenters. The van der Waals surface area contributed by atoms with Crippen molar-refractivity contribution >= 4 is 0 Å². The normalized spacial score (nSPS) is 24.6. The van der Waals surface area contributed by atoms with Crippen molar-refractivity contribution in [3.05, 3.63) is 0 Å². The molecule has 0 amide bonds. The zero-order valence-corrected chi connectivity index (χ0v) is 8.80. The predicted octanol–water partition coefficient (Wildman–Crippen LogP) is 2.48. The molecule has 2 nitrogen and oxygen atoms in total. The first-order chi connectivity index (χ1) is 5.93. The Morgan fingerprint density at radius 3 is 2.31 bits per heavy atom. The van der Waals surface area contributed by atoms with Crippen LogP contribution in [0, 0.1) is 22.7 Å². The number of nitriles is 1. The molecule has 0 bridgehead atoms. The van der Waals surface area contributed by atoms with Crippen LogP contribution in [0.1, 0.15) is 46.5 Å². The predicted molar refractivity (Wildman–Crippen MR) is 52.0 cm³/mol. The van der Waals surface area contributed by atoms with E-state index in [1.807, 2.05) is 6.92 Å². The summed E-state index contributed by atoms with van der Waals surface area (Å²) in [6.45, 7) is 5.98. The Hall–Kier alpha value is -0.550. The minimum atomic E-state index is -0.797. The van der Waals surface area contributed by atoms with Crippen molar-refractivity contribution < 1.29 is 5.11 Å². The van der Waals surface area contributed by atoms with E-state index >= 15 is 0 Å². The van der Waals surface area contributed by atoms with Crippen molar-refractivity contribution in [2.45, 2.75) is 52.1 Å². The highest BCUT2D eigenvalue weighted by Crippen LogP contribution is 2.50. The molecule has 1 N–H and O–H groups in total. The van der Waals surface area contributed by atoms with Crippen LogP contribution in [-0.2, 0) is 0 Å². The Bertz CT molecular complexity index is 221. The maximum Gasteiger partial charge on any atom is 0.0857 e. The largest absolute Gasteiger partial charge is 0.389 e. The van der Waals surface area contributed by atoms with E-state index in [1.54, 1.807) is 0 Å². The van der Waals surface area contributed by atoms with Crippen molar-refractivity contribution in [1.82, 2.24) is 0 Å². The van der Waals surface area contributed by atoms with E-state index in [2.05, 4.69) is 19.9 Å². The zero-order chi connectivity index (χ0) is 10.1. The van der Waals surface area contributed by atoms with E-state index in [1.165, 1.54) is 0 Å². The van der Waals surface area contributed by atoms with Gasteiger partial charge in [0.15, 0.2) is 0 Å². The van der Waals surface area contributed by atoms with Crippen LogP contribution in [0.3, 0.4) is 0 Å². The van der Waals surface area contributed by atoms with E-state index in [4.69, 9.17) is 5.26 Å². The summed E-state index contributed by atoms with van der Waals surface area (Å²) in [5.41, 5.74) is -1.24. The van der Waals surface area contributed by atoms with Crippen LogP contribution in [0.4, 0.5) is 0 Å². The van der Waals surface area contributed by atoms with Gasteiger partial charge >= 0.3 is 0 Å². The Labute approximate surface area is 80.6 Å². The molecule has 0 saturated heterocycles. The van der Waals surface area contributed by atoms with Gasteiger partial charge in [-0.3, -0.25) is 0 Å². The Kier molecular flexibility index (Phi) is 2.68. The summed E-state index contributed by atoms with van der Waals surface area (Å²) in [5.74, 6) is 0.445. The fraction of sp³-hybridized carbons (Fsp3) is 0.909. The zero-order valence-electron chi connectivity index (χ0n) is 8.80. The molecule has 1 atom stereocenters. The second kappa shape index (κ2) is 3.31. The van der Waals surface area contributed by atoms with Crippen LogP contribution in [0.2, 0.25) is 0 Å². The number of rotatable bonds is 3. The van der Waals surface area contributed by atoms with Gasteiger partial charge in [-0.2, -0.15) is 5.26 Å². The minimum absolute atomic E-state index is 0.445. The van der Waals surface area contributed by atoms with Gasteiger partial charge in [0.2, 0.25) is 0 Å². The maximum absolute atomic E-state index is 10.2. The molecular formula is C11H19NO. The van der Waals surface area contributed by atoms with E-state index in [9.17, 15) is 5.11 Å². The number of hydrogen-bond acceptors (Lipinski definition) is 2. The molecule has 0 spiro atoms. The second-order valence-corrected chi connectivity index (χ2v) is 4.92. The van der Waals surface area contributed by atoms with Crippen LogP contribution in [0.5, 0.6) is 0 Å². The molecule has 0 aromatic heterocycles. The SMILES string of the molecule is CC(C)CC(C)(O)C1(C#N)CCC1. The Morgan fingerprint density at radius 1 is 1.54 bits per heavy atom. The molecule has 0 aromatic rings. The highest BCUT2D eigenvalue weighted by Gasteiger charge is 2.51. The molecule has 74 valence electrons. The first-order valence-corrected chi connectivity index (χ1v) is 5.07. The molecule has 1 aliphatic carbocycles. The molecule has 0 radical (unpaired) electrons. The molecule has 0 heterocycles. The van der Waals surface area contributed by atoms with Gasteiger partial charge in [0, 0.05) is 0 Å². The number of aliphatic hydroxyl groups is 1. The van der Waals surface area contributed by atoms with Crippen LogP contribution in [-0.4, -0.2) is 10.7 Å². The lowest BCUT2D eigenvalue weighted by atomic mass is 9.58. The molecule has 1 fully saturated rings. The molecule has 0 aromatic carbocycles. The summed E-state index contributed by atoms with van der Waals surface area (Å²) in [6.07, 6.45) is 3.54. The third kappa shape index (κ3) is 1.71. The summed E-state index contributed by atoms with van der Waals surface area (Å²) in [6, 6.07) is 2.31. The topological polar surface area (TPSA) is 44.0 Å². The van der Waals surface area contributed by atoms with Gasteiger partial charge in [0.25, 0.3) is 0 Å². The van der Waals surface area contributed by atoms with Crippen molar-refractivity contribution in [3.63, 3.8) is 0 Å². The maximum atomic E-state index is 10.2. The summed E-state index contributed by atoms with van der Waals surface area (Å²) in [5, 5.41) is 19.3. The fourth-order valence-corrected chi connectivity index (χ4v) is 2.29. The van der Waals surface area contributed by atoms with Crippen molar-refractivity contribution in [2.75, 3.05) is 0 Å². The van der Waals surface area contributed by atoms with Crippen molar-refractivity contribution in [2.24, 2.45) is 11.3 Å². The van der Waals surface area contributed by atoms with Crippen molar-refractivity contribution in [1.29, 1.82) is 5.26 Å². The number of hydrogen-bond donors (Lipinski definition) is 1. The molecule has 0 aliphatic heterocycles. The van der Waals surface area contributed by atoms with Crippen molar-refractivity contribution in [3.8, 4) is 6.07 Å². The lowest BCUT2D eigenvalue weighted by Crippen LogP contribution is -2.50. The lowest BCUT2D eigenvalue weighted by molar-refractivity contribution is -0.0921. The first-order valence-electron chi connectivity index (χ1n) is 5.07. The standard InChI is InChI=1S/C11H19NO/c1-9(2)7-10(3,13)11(8-12)5-4-6-11/h9,13H,4-7H2,1-3H3. The summed E-state index contributed by atoms with van der Waals surface area (Å²) in [4.78, 5) is 0. The second-order valence-electron chi connectivity index (χ2n) is 4.92. The highest BCUT2D eigenvalue weighted by atomic mass is 16.3. The summed E-state index contributed by atoms with van der Waals surface area (Å²) >= 11 is 0. The summed E-state index contributed by atoms with van der Waals surface area (Å²) in [7, 11) is 0. The molecule has 1 rings (SSSR count). The van der Waals surface area contributed by atoms with Gasteiger partial charge in [-0.1, -0.05) is 20.3 Å². The van der Waals surface area contributed by atoms with Gasteiger partial charge in [-0.25, -0.2) is 0 Å². The van der Waals surface area contributed by atoms with Crippen LogP contribution in [0.25, 0.3) is 0 Å². The Morgan fingerprint density at radius 2 is 2.08 bits per heavy atom. The highest BCUT2D eigenvalue weighted by molar-refractivity contribution is 5.14. The number of nitrogens with zero attached hydrogens (tertiary/aromatic N) is 1. The quantitative estimate of drug-likeness (QED) is 0.727. The fourth-order valence-electron chi connectivity index (χ4n) is 2.29. The van der Waals surface area contributed by atoms with Crippen LogP contribution in [0.15, 0.2) is 0 Å².